The van der Waals surface area contributed by atoms with E-state index >= 15 is 0 Å². The minimum atomic E-state index is -0.711. The molecule has 0 saturated heterocycles. The number of hydrogen-bond donors (Lipinski definition) is 0. The zero-order chi connectivity index (χ0) is 21.3. The smallest absolute Gasteiger partial charge is 0.261 e. The third-order valence-corrected chi connectivity index (χ3v) is 7.15. The normalized spacial score (nSPS) is 15.8. The van der Waals surface area contributed by atoms with Gasteiger partial charge in [0.15, 0.2) is 5.16 Å². The highest BCUT2D eigenvalue weighted by atomic mass is 32.2. The summed E-state index contributed by atoms with van der Waals surface area (Å²) in [5.74, 6) is 0.0237. The lowest BCUT2D eigenvalue weighted by atomic mass is 9.81. The molecule has 0 aliphatic heterocycles. The number of fused-ring (bicyclic) bond motifs is 2. The Morgan fingerprint density at radius 2 is 1.90 bits per heavy atom. The summed E-state index contributed by atoms with van der Waals surface area (Å²) in [5.41, 5.74) is -0.215. The van der Waals surface area contributed by atoms with E-state index in [1.807, 2.05) is 36.4 Å². The van der Waals surface area contributed by atoms with Crippen molar-refractivity contribution < 1.29 is 4.79 Å². The quantitative estimate of drug-likeness (QED) is 0.364. The number of aromatic nitrogens is 2. The summed E-state index contributed by atoms with van der Waals surface area (Å²) in [7, 11) is 3.40. The highest BCUT2D eigenvalue weighted by Crippen LogP contribution is 2.33. The third-order valence-electron chi connectivity index (χ3n) is 6.13. The van der Waals surface area contributed by atoms with Gasteiger partial charge >= 0.3 is 0 Å². The van der Waals surface area contributed by atoms with Crippen molar-refractivity contribution in [1.82, 2.24) is 14.5 Å². The number of nitrogens with zero attached hydrogens (tertiary/aromatic N) is 4. The van der Waals surface area contributed by atoms with Crippen molar-refractivity contribution in [1.29, 1.82) is 5.26 Å². The van der Waals surface area contributed by atoms with Gasteiger partial charge in [-0.25, -0.2) is 4.98 Å². The maximum absolute atomic E-state index is 12.9. The van der Waals surface area contributed by atoms with Gasteiger partial charge in [-0.05, 0) is 35.7 Å². The molecule has 0 atom stereocenters. The molecule has 0 spiro atoms. The van der Waals surface area contributed by atoms with E-state index in [4.69, 9.17) is 0 Å². The average Bonchev–Trinajstić information content (AvgIpc) is 2.79. The molecule has 4 rings (SSSR count). The van der Waals surface area contributed by atoms with Crippen LogP contribution in [-0.4, -0.2) is 38.7 Å². The van der Waals surface area contributed by atoms with Gasteiger partial charge in [0.25, 0.3) is 5.56 Å². The summed E-state index contributed by atoms with van der Waals surface area (Å²) in [4.78, 5) is 32.0. The standard InChI is InChI=1S/C23H24N4O2S/c1-26-21(29)18-12-16-8-4-5-9-17(16)13-19(18)25-22(26)30-14-20(28)27(2)23(15-24)10-6-3-7-11-23/h4-5,8-9,12-13H,3,6-7,10-11,14H2,1-2H3. The predicted octanol–water partition coefficient (Wildman–Crippen LogP) is 3.86. The van der Waals surface area contributed by atoms with Crippen LogP contribution in [0.5, 0.6) is 0 Å². The number of rotatable bonds is 4. The van der Waals surface area contributed by atoms with Crippen molar-refractivity contribution in [2.75, 3.05) is 12.8 Å². The van der Waals surface area contributed by atoms with Gasteiger partial charge in [0.05, 0.1) is 22.7 Å². The molecule has 0 N–H and O–H groups in total. The molecule has 1 aromatic heterocycles. The van der Waals surface area contributed by atoms with E-state index in [9.17, 15) is 14.9 Å². The summed E-state index contributed by atoms with van der Waals surface area (Å²) >= 11 is 1.24. The van der Waals surface area contributed by atoms with Crippen molar-refractivity contribution >= 4 is 39.3 Å². The Kier molecular flexibility index (Phi) is 5.52. The molecule has 1 amide bonds. The molecule has 0 unspecified atom stereocenters. The lowest BCUT2D eigenvalue weighted by molar-refractivity contribution is -0.131. The molecule has 1 heterocycles. The van der Waals surface area contributed by atoms with Crippen LogP contribution in [0.25, 0.3) is 21.7 Å². The summed E-state index contributed by atoms with van der Waals surface area (Å²) < 4.78 is 1.50. The molecule has 1 aliphatic rings. The van der Waals surface area contributed by atoms with Crippen LogP contribution in [0.4, 0.5) is 0 Å². The number of hydrogen-bond acceptors (Lipinski definition) is 5. The van der Waals surface area contributed by atoms with Crippen LogP contribution in [0.15, 0.2) is 46.3 Å². The molecule has 1 saturated carbocycles. The molecule has 6 nitrogen and oxygen atoms in total. The fourth-order valence-corrected chi connectivity index (χ4v) is 5.07. The first-order valence-electron chi connectivity index (χ1n) is 10.2. The maximum atomic E-state index is 12.9. The Morgan fingerprint density at radius 3 is 2.57 bits per heavy atom. The SMILES string of the molecule is CN(C(=O)CSc1nc2cc3ccccc3cc2c(=O)n1C)C1(C#N)CCCCC1. The van der Waals surface area contributed by atoms with Gasteiger partial charge in [0.1, 0.15) is 5.54 Å². The van der Waals surface area contributed by atoms with E-state index in [0.29, 0.717) is 16.1 Å². The number of carbonyl (C=O) groups excluding carboxylic acids is 1. The Bertz CT molecular complexity index is 1220. The summed E-state index contributed by atoms with van der Waals surface area (Å²) in [6.45, 7) is 0. The highest BCUT2D eigenvalue weighted by molar-refractivity contribution is 7.99. The second kappa shape index (κ2) is 8.11. The maximum Gasteiger partial charge on any atom is 0.261 e. The van der Waals surface area contributed by atoms with Crippen molar-refractivity contribution in [3.8, 4) is 6.07 Å². The van der Waals surface area contributed by atoms with Crippen LogP contribution in [-0.2, 0) is 11.8 Å². The third kappa shape index (κ3) is 3.56. The first kappa shape index (κ1) is 20.4. The van der Waals surface area contributed by atoms with Crippen LogP contribution in [0.1, 0.15) is 32.1 Å². The fourth-order valence-electron chi connectivity index (χ4n) is 4.19. The molecule has 154 valence electrons. The lowest BCUT2D eigenvalue weighted by Gasteiger charge is -2.39. The van der Waals surface area contributed by atoms with E-state index in [0.717, 1.165) is 42.9 Å². The first-order chi connectivity index (χ1) is 14.4. The molecular formula is C23H24N4O2S. The number of amides is 1. The van der Waals surface area contributed by atoms with Gasteiger partial charge < -0.3 is 4.90 Å². The van der Waals surface area contributed by atoms with E-state index in [1.54, 1.807) is 19.0 Å². The zero-order valence-electron chi connectivity index (χ0n) is 17.2. The Hall–Kier alpha value is -2.85. The van der Waals surface area contributed by atoms with Crippen molar-refractivity contribution in [3.05, 3.63) is 46.8 Å². The van der Waals surface area contributed by atoms with E-state index < -0.39 is 5.54 Å². The second-order valence-electron chi connectivity index (χ2n) is 7.92. The summed E-state index contributed by atoms with van der Waals surface area (Å²) in [6.07, 6.45) is 4.48. The second-order valence-corrected chi connectivity index (χ2v) is 8.86. The Balaban J connectivity index is 1.60. The van der Waals surface area contributed by atoms with Crippen molar-refractivity contribution in [2.45, 2.75) is 42.8 Å². The number of nitriles is 1. The first-order valence-corrected chi connectivity index (χ1v) is 11.1. The lowest BCUT2D eigenvalue weighted by Crippen LogP contribution is -2.50. The van der Waals surface area contributed by atoms with Crippen LogP contribution >= 0.6 is 11.8 Å². The van der Waals surface area contributed by atoms with Crippen molar-refractivity contribution in [2.24, 2.45) is 7.05 Å². The van der Waals surface area contributed by atoms with Crippen LogP contribution in [0.3, 0.4) is 0 Å². The zero-order valence-corrected chi connectivity index (χ0v) is 18.0. The van der Waals surface area contributed by atoms with E-state index in [2.05, 4.69) is 11.1 Å². The predicted molar refractivity (Wildman–Crippen MR) is 119 cm³/mol. The molecule has 7 heteroatoms. The van der Waals surface area contributed by atoms with Gasteiger partial charge in [-0.15, -0.1) is 0 Å². The van der Waals surface area contributed by atoms with E-state index in [-0.39, 0.29) is 17.2 Å². The Labute approximate surface area is 179 Å². The van der Waals surface area contributed by atoms with Gasteiger partial charge in [0.2, 0.25) is 5.91 Å². The minimum absolute atomic E-state index is 0.115. The van der Waals surface area contributed by atoms with Gasteiger partial charge in [-0.2, -0.15) is 5.26 Å². The largest absolute Gasteiger partial charge is 0.326 e. The molecule has 30 heavy (non-hydrogen) atoms. The molecular weight excluding hydrogens is 396 g/mol. The van der Waals surface area contributed by atoms with E-state index in [1.165, 1.54) is 16.3 Å². The van der Waals surface area contributed by atoms with Crippen LogP contribution < -0.4 is 5.56 Å². The topological polar surface area (TPSA) is 79.0 Å². The minimum Gasteiger partial charge on any atom is -0.326 e. The molecule has 3 aromatic rings. The number of benzene rings is 2. The summed E-state index contributed by atoms with van der Waals surface area (Å²) in [6, 6.07) is 14.0. The molecule has 1 fully saturated rings. The summed E-state index contributed by atoms with van der Waals surface area (Å²) in [5, 5.41) is 12.8. The average molecular weight is 421 g/mol. The van der Waals surface area contributed by atoms with Crippen LogP contribution in [0, 0.1) is 11.3 Å². The molecule has 0 radical (unpaired) electrons. The highest BCUT2D eigenvalue weighted by Gasteiger charge is 2.38. The monoisotopic (exact) mass is 420 g/mol. The molecule has 2 aromatic carbocycles. The van der Waals surface area contributed by atoms with Crippen molar-refractivity contribution in [3.63, 3.8) is 0 Å². The fraction of sp³-hybridized carbons (Fsp3) is 0.391. The van der Waals surface area contributed by atoms with Crippen LogP contribution in [0.2, 0.25) is 0 Å². The molecule has 1 aliphatic carbocycles. The molecule has 0 bridgehead atoms. The number of carbonyl (C=O) groups is 1. The van der Waals surface area contributed by atoms with Gasteiger partial charge in [-0.3, -0.25) is 14.2 Å². The Morgan fingerprint density at radius 1 is 1.23 bits per heavy atom. The van der Waals surface area contributed by atoms with Gasteiger partial charge in [-0.1, -0.05) is 55.3 Å². The van der Waals surface area contributed by atoms with Gasteiger partial charge in [0, 0.05) is 14.1 Å². The number of thioether (sulfide) groups is 1.